The predicted octanol–water partition coefficient (Wildman–Crippen LogP) is 5.46. The van der Waals surface area contributed by atoms with E-state index in [-0.39, 0.29) is 24.2 Å². The summed E-state index contributed by atoms with van der Waals surface area (Å²) in [4.78, 5) is 43.3. The lowest BCUT2D eigenvalue weighted by atomic mass is 9.91. The average molecular weight is 640 g/mol. The van der Waals surface area contributed by atoms with Crippen molar-refractivity contribution in [2.24, 2.45) is 5.92 Å². The number of ether oxygens (including phenoxy) is 1. The minimum atomic E-state index is -0.739. The second-order valence-electron chi connectivity index (χ2n) is 12.3. The molecule has 235 valence electrons. The fourth-order valence-electron chi connectivity index (χ4n) is 5.58. The van der Waals surface area contributed by atoms with E-state index in [2.05, 4.69) is 22.8 Å². The van der Waals surface area contributed by atoms with Crippen molar-refractivity contribution in [3.05, 3.63) is 42.4 Å². The molecular formula is C31H48ClN4O4S2. The van der Waals surface area contributed by atoms with Gasteiger partial charge < -0.3 is 20.3 Å². The molecule has 1 aromatic carbocycles. The Labute approximate surface area is 266 Å². The van der Waals surface area contributed by atoms with E-state index in [1.807, 2.05) is 43.9 Å². The Morgan fingerprint density at radius 1 is 1.05 bits per heavy atom. The summed E-state index contributed by atoms with van der Waals surface area (Å²) in [6.07, 6.45) is 7.62. The first-order valence-corrected chi connectivity index (χ1v) is 17.3. The van der Waals surface area contributed by atoms with Crippen LogP contribution >= 0.6 is 35.9 Å². The van der Waals surface area contributed by atoms with Crippen molar-refractivity contribution in [2.75, 3.05) is 30.3 Å². The zero-order valence-electron chi connectivity index (χ0n) is 25.2. The molecule has 1 saturated carbocycles. The van der Waals surface area contributed by atoms with E-state index in [4.69, 9.17) is 4.74 Å². The van der Waals surface area contributed by atoms with Crippen LogP contribution in [0.15, 0.2) is 30.3 Å². The third-order valence-electron chi connectivity index (χ3n) is 7.83. The minimum Gasteiger partial charge on any atom is -0.444 e. The van der Waals surface area contributed by atoms with Crippen molar-refractivity contribution in [3.63, 3.8) is 0 Å². The number of halogens is 1. The minimum absolute atomic E-state index is 0. The molecule has 8 nitrogen and oxygen atoms in total. The number of amides is 3. The van der Waals surface area contributed by atoms with Gasteiger partial charge in [0.05, 0.1) is 6.54 Å². The number of nitrogens with zero attached hydrogens (tertiary/aromatic N) is 2. The Morgan fingerprint density at radius 3 is 2.40 bits per heavy atom. The number of hydrogen-bond donors (Lipinski definition) is 2. The molecule has 2 N–H and O–H groups in total. The van der Waals surface area contributed by atoms with E-state index in [0.717, 1.165) is 25.1 Å². The summed E-state index contributed by atoms with van der Waals surface area (Å²) in [5.41, 5.74) is 0.599. The maximum Gasteiger partial charge on any atom is 0.411 e. The van der Waals surface area contributed by atoms with Crippen LogP contribution in [0.1, 0.15) is 71.3 Å². The first-order valence-electron chi connectivity index (χ1n) is 15.1. The number of benzene rings is 1. The van der Waals surface area contributed by atoms with Crippen LogP contribution < -0.4 is 10.6 Å². The SMILES string of the molecule is CC(C)(C)OC(=O)N1[CH]CSC1C(=O)N[C@@H](CSCC1CCCCC1)C(=O)N1CCC(NCc2ccccc2)CC1.Cl. The lowest BCUT2D eigenvalue weighted by Crippen LogP contribution is -2.56. The molecule has 3 amide bonds. The van der Waals surface area contributed by atoms with Gasteiger partial charge in [-0.1, -0.05) is 49.6 Å². The monoisotopic (exact) mass is 639 g/mol. The molecule has 2 aliphatic heterocycles. The fourth-order valence-corrected chi connectivity index (χ4v) is 7.83. The molecule has 11 heteroatoms. The molecule has 2 atom stereocenters. The van der Waals surface area contributed by atoms with Crippen LogP contribution in [0.3, 0.4) is 0 Å². The van der Waals surface area contributed by atoms with E-state index in [9.17, 15) is 14.4 Å². The van der Waals surface area contributed by atoms with Gasteiger partial charge in [0.15, 0.2) is 5.37 Å². The number of piperidine rings is 1. The summed E-state index contributed by atoms with van der Waals surface area (Å²) >= 11 is 3.14. The Kier molecular flexibility index (Phi) is 14.1. The maximum absolute atomic E-state index is 13.8. The molecule has 3 fully saturated rings. The summed E-state index contributed by atoms with van der Waals surface area (Å²) in [6, 6.07) is 10.1. The Morgan fingerprint density at radius 2 is 1.74 bits per heavy atom. The summed E-state index contributed by atoms with van der Waals surface area (Å²) in [5.74, 6) is 2.45. The van der Waals surface area contributed by atoms with Crippen LogP contribution in [-0.4, -0.2) is 81.1 Å². The van der Waals surface area contributed by atoms with Crippen molar-refractivity contribution in [1.82, 2.24) is 20.4 Å². The number of nitrogens with one attached hydrogen (secondary N) is 2. The van der Waals surface area contributed by atoms with Crippen molar-refractivity contribution in [1.29, 1.82) is 0 Å². The van der Waals surface area contributed by atoms with Gasteiger partial charge in [-0.3, -0.25) is 14.5 Å². The fraction of sp³-hybridized carbons (Fsp3) is 0.677. The highest BCUT2D eigenvalue weighted by molar-refractivity contribution is 8.01. The van der Waals surface area contributed by atoms with Crippen LogP contribution in [0.4, 0.5) is 4.79 Å². The van der Waals surface area contributed by atoms with Gasteiger partial charge in [-0.05, 0) is 63.7 Å². The smallest absolute Gasteiger partial charge is 0.411 e. The molecule has 0 bridgehead atoms. The summed E-state index contributed by atoms with van der Waals surface area (Å²) in [5, 5.41) is 5.93. The second kappa shape index (κ2) is 17.0. The number of carbonyl (C=O) groups is 3. The number of rotatable bonds is 10. The Hall–Kier alpha value is -1.62. The molecule has 1 unspecified atom stereocenters. The molecule has 0 aromatic heterocycles. The van der Waals surface area contributed by atoms with Crippen molar-refractivity contribution in [2.45, 2.75) is 95.3 Å². The standard InChI is InChI=1S/C31H47N4O4S2.ClH/c1-31(2,3)39-30(38)35-18-19-41-29(35)27(36)33-26(22-40-21-24-12-8-5-9-13-24)28(37)34-16-14-25(15-17-34)32-20-23-10-6-4-7-11-23;/h4,6-7,10-11,18,24-26,29,32H,5,8-9,12-17,19-22H2,1-3H3,(H,33,36);1H/t26-,29?;/m0./s1. The van der Waals surface area contributed by atoms with Crippen molar-refractivity contribution >= 4 is 53.8 Å². The lowest BCUT2D eigenvalue weighted by molar-refractivity contribution is -0.137. The molecule has 2 heterocycles. The first-order chi connectivity index (χ1) is 19.7. The molecule has 2 saturated heterocycles. The summed E-state index contributed by atoms with van der Waals surface area (Å²) in [7, 11) is 0. The number of likely N-dealkylation sites (tertiary alicyclic amines) is 1. The average Bonchev–Trinajstić information content (AvgIpc) is 3.46. The van der Waals surface area contributed by atoms with E-state index >= 15 is 0 Å². The van der Waals surface area contributed by atoms with E-state index < -0.39 is 23.1 Å². The molecule has 0 spiro atoms. The van der Waals surface area contributed by atoms with Gasteiger partial charge in [-0.15, -0.1) is 24.2 Å². The molecular weight excluding hydrogens is 592 g/mol. The number of carbonyl (C=O) groups excluding carboxylic acids is 3. The zero-order valence-corrected chi connectivity index (χ0v) is 27.7. The van der Waals surface area contributed by atoms with Crippen LogP contribution in [0.2, 0.25) is 0 Å². The molecule has 4 rings (SSSR count). The third kappa shape index (κ3) is 10.8. The van der Waals surface area contributed by atoms with Crippen LogP contribution in [-0.2, 0) is 20.9 Å². The van der Waals surface area contributed by atoms with Gasteiger partial charge in [0, 0.05) is 37.2 Å². The molecule has 1 aromatic rings. The van der Waals surface area contributed by atoms with Gasteiger partial charge in [0.25, 0.3) is 5.91 Å². The van der Waals surface area contributed by atoms with Crippen LogP contribution in [0, 0.1) is 12.5 Å². The predicted molar refractivity (Wildman–Crippen MR) is 175 cm³/mol. The van der Waals surface area contributed by atoms with Crippen molar-refractivity contribution in [3.8, 4) is 0 Å². The number of thioether (sulfide) groups is 2. The largest absolute Gasteiger partial charge is 0.444 e. The third-order valence-corrected chi connectivity index (χ3v) is 10.2. The normalized spacial score (nSPS) is 21.0. The summed E-state index contributed by atoms with van der Waals surface area (Å²) < 4.78 is 5.52. The quantitative estimate of drug-likeness (QED) is 0.351. The van der Waals surface area contributed by atoms with Crippen LogP contribution in [0.5, 0.6) is 0 Å². The molecule has 1 aliphatic carbocycles. The maximum atomic E-state index is 13.8. The van der Waals surface area contributed by atoms with Gasteiger partial charge in [-0.25, -0.2) is 4.79 Å². The molecule has 42 heavy (non-hydrogen) atoms. The zero-order chi connectivity index (χ0) is 29.2. The second-order valence-corrected chi connectivity index (χ2v) is 14.5. The van der Waals surface area contributed by atoms with Crippen molar-refractivity contribution < 1.29 is 19.1 Å². The van der Waals surface area contributed by atoms with E-state index in [1.165, 1.54) is 54.3 Å². The summed E-state index contributed by atoms with van der Waals surface area (Å²) in [6.45, 7) is 9.28. The van der Waals surface area contributed by atoms with E-state index in [1.54, 1.807) is 18.3 Å². The molecule has 3 aliphatic rings. The topological polar surface area (TPSA) is 91.0 Å². The van der Waals surface area contributed by atoms with Gasteiger partial charge in [0.1, 0.15) is 11.6 Å². The Balaban J connectivity index is 0.00000484. The highest BCUT2D eigenvalue weighted by Gasteiger charge is 2.40. The van der Waals surface area contributed by atoms with E-state index in [0.29, 0.717) is 36.6 Å². The van der Waals surface area contributed by atoms with Gasteiger partial charge in [0.2, 0.25) is 5.91 Å². The number of hydrogen-bond acceptors (Lipinski definition) is 7. The van der Waals surface area contributed by atoms with Gasteiger partial charge in [-0.2, -0.15) is 11.8 Å². The van der Waals surface area contributed by atoms with Gasteiger partial charge >= 0.3 is 6.09 Å². The Bertz CT molecular complexity index is 998. The highest BCUT2D eigenvalue weighted by Crippen LogP contribution is 2.30. The first kappa shape index (κ1) is 34.9. The molecule has 1 radical (unpaired) electrons. The highest BCUT2D eigenvalue weighted by atomic mass is 35.5. The lowest BCUT2D eigenvalue weighted by Gasteiger charge is -2.35. The van der Waals surface area contributed by atoms with Crippen LogP contribution in [0.25, 0.3) is 0 Å².